The number of benzene rings is 1. The summed E-state index contributed by atoms with van der Waals surface area (Å²) in [5.41, 5.74) is 1.02. The quantitative estimate of drug-likeness (QED) is 0.816. The summed E-state index contributed by atoms with van der Waals surface area (Å²) in [4.78, 5) is 13.9. The van der Waals surface area contributed by atoms with Crippen molar-refractivity contribution in [2.75, 3.05) is 13.1 Å². The molecule has 2 N–H and O–H groups in total. The number of piperidine rings is 1. The van der Waals surface area contributed by atoms with E-state index in [9.17, 15) is 14.8 Å². The lowest BCUT2D eigenvalue weighted by molar-refractivity contribution is 0.0190. The van der Waals surface area contributed by atoms with E-state index in [1.807, 2.05) is 51.2 Å². The number of ether oxygens (including phenoxy) is 1. The van der Waals surface area contributed by atoms with Gasteiger partial charge in [0.1, 0.15) is 5.60 Å². The van der Waals surface area contributed by atoms with Gasteiger partial charge >= 0.3 is 13.2 Å². The minimum absolute atomic E-state index is 0.219. The molecule has 1 aromatic carbocycles. The van der Waals surface area contributed by atoms with Gasteiger partial charge in [0.15, 0.2) is 0 Å². The van der Waals surface area contributed by atoms with Crippen LogP contribution >= 0.6 is 0 Å². The van der Waals surface area contributed by atoms with Crippen LogP contribution in [0.2, 0.25) is 0 Å². The second kappa shape index (κ2) is 6.73. The van der Waals surface area contributed by atoms with Crippen molar-refractivity contribution in [1.82, 2.24) is 9.47 Å². The summed E-state index contributed by atoms with van der Waals surface area (Å²) in [6.45, 7) is 6.86. The summed E-state index contributed by atoms with van der Waals surface area (Å²) in [6.07, 6.45) is 3.16. The molecule has 1 fully saturated rings. The number of likely N-dealkylation sites (tertiary alicyclic amines) is 1. The number of hydrogen-bond donors (Lipinski definition) is 2. The molecule has 7 heteroatoms. The summed E-state index contributed by atoms with van der Waals surface area (Å²) >= 11 is 0. The van der Waals surface area contributed by atoms with Gasteiger partial charge < -0.3 is 24.3 Å². The van der Waals surface area contributed by atoms with Crippen LogP contribution in [0.3, 0.4) is 0 Å². The number of carbonyl (C=O) groups is 1. The average molecular weight is 344 g/mol. The van der Waals surface area contributed by atoms with Gasteiger partial charge in [0, 0.05) is 36.3 Å². The number of para-hydroxylation sites is 1. The van der Waals surface area contributed by atoms with Crippen molar-refractivity contribution in [2.24, 2.45) is 0 Å². The van der Waals surface area contributed by atoms with E-state index < -0.39 is 12.7 Å². The number of amides is 1. The maximum absolute atomic E-state index is 12.2. The monoisotopic (exact) mass is 344 g/mol. The average Bonchev–Trinajstić information content (AvgIpc) is 2.93. The molecule has 0 aliphatic carbocycles. The van der Waals surface area contributed by atoms with E-state index >= 15 is 0 Å². The molecule has 25 heavy (non-hydrogen) atoms. The second-order valence-electron chi connectivity index (χ2n) is 7.58. The molecule has 3 rings (SSSR count). The lowest BCUT2D eigenvalue weighted by atomic mass is 9.80. The minimum Gasteiger partial charge on any atom is -0.444 e. The predicted molar refractivity (Wildman–Crippen MR) is 97.8 cm³/mol. The Morgan fingerprint density at radius 1 is 1.20 bits per heavy atom. The third-order valence-electron chi connectivity index (χ3n) is 4.56. The van der Waals surface area contributed by atoms with Gasteiger partial charge in [-0.15, -0.1) is 0 Å². The van der Waals surface area contributed by atoms with Crippen LogP contribution in [0, 0.1) is 0 Å². The summed E-state index contributed by atoms with van der Waals surface area (Å²) in [7, 11) is -1.49. The first-order valence-corrected chi connectivity index (χ1v) is 8.70. The molecule has 0 unspecified atom stereocenters. The minimum atomic E-state index is -1.49. The Hall–Kier alpha value is -1.99. The predicted octanol–water partition coefficient (Wildman–Crippen LogP) is 1.89. The zero-order chi connectivity index (χ0) is 18.2. The van der Waals surface area contributed by atoms with Crippen molar-refractivity contribution in [3.8, 4) is 0 Å². The Balaban J connectivity index is 1.76. The fourth-order valence-corrected chi connectivity index (χ4v) is 3.39. The van der Waals surface area contributed by atoms with E-state index in [4.69, 9.17) is 4.74 Å². The molecule has 134 valence electrons. The molecule has 1 saturated heterocycles. The van der Waals surface area contributed by atoms with Crippen molar-refractivity contribution in [3.05, 3.63) is 30.5 Å². The molecule has 0 spiro atoms. The second-order valence-corrected chi connectivity index (χ2v) is 7.58. The van der Waals surface area contributed by atoms with Crippen molar-refractivity contribution >= 4 is 29.6 Å². The summed E-state index contributed by atoms with van der Waals surface area (Å²) < 4.78 is 7.55. The molecule has 2 heterocycles. The molecule has 0 bridgehead atoms. The van der Waals surface area contributed by atoms with E-state index in [0.717, 1.165) is 23.7 Å². The Labute approximate surface area is 148 Å². The highest BCUT2D eigenvalue weighted by atomic mass is 16.6. The molecule has 1 amide bonds. The highest BCUT2D eigenvalue weighted by Gasteiger charge is 2.29. The third kappa shape index (κ3) is 3.83. The number of carbonyl (C=O) groups excluding carboxylic acids is 1. The van der Waals surface area contributed by atoms with Crippen LogP contribution in [0.25, 0.3) is 10.9 Å². The van der Waals surface area contributed by atoms with E-state index in [-0.39, 0.29) is 12.1 Å². The van der Waals surface area contributed by atoms with Gasteiger partial charge in [-0.3, -0.25) is 0 Å². The van der Waals surface area contributed by atoms with Crippen molar-refractivity contribution in [1.29, 1.82) is 0 Å². The van der Waals surface area contributed by atoms with Gasteiger partial charge in [-0.25, -0.2) is 4.79 Å². The number of hydrogen-bond acceptors (Lipinski definition) is 4. The number of aromatic nitrogens is 1. The van der Waals surface area contributed by atoms with E-state index in [1.165, 1.54) is 0 Å². The van der Waals surface area contributed by atoms with E-state index in [1.54, 1.807) is 4.90 Å². The van der Waals surface area contributed by atoms with Gasteiger partial charge in [-0.05, 0) is 45.1 Å². The maximum Gasteiger partial charge on any atom is 0.490 e. The lowest BCUT2D eigenvalue weighted by Crippen LogP contribution is -2.42. The first-order valence-electron chi connectivity index (χ1n) is 8.70. The summed E-state index contributed by atoms with van der Waals surface area (Å²) in [5.74, 6) is 0. The smallest absolute Gasteiger partial charge is 0.444 e. The molecular formula is C18H25BN2O4. The van der Waals surface area contributed by atoms with Crippen LogP contribution in [0.1, 0.15) is 39.7 Å². The van der Waals surface area contributed by atoms with Gasteiger partial charge in [0.25, 0.3) is 0 Å². The first kappa shape index (κ1) is 17.8. The van der Waals surface area contributed by atoms with Gasteiger partial charge in [-0.1, -0.05) is 18.2 Å². The fourth-order valence-electron chi connectivity index (χ4n) is 3.39. The van der Waals surface area contributed by atoms with Gasteiger partial charge in [0.2, 0.25) is 0 Å². The Morgan fingerprint density at radius 3 is 2.44 bits per heavy atom. The summed E-state index contributed by atoms with van der Waals surface area (Å²) in [5, 5.41) is 20.1. The Morgan fingerprint density at radius 2 is 1.84 bits per heavy atom. The topological polar surface area (TPSA) is 74.9 Å². The van der Waals surface area contributed by atoms with Crippen LogP contribution in [-0.2, 0) is 4.74 Å². The third-order valence-corrected chi connectivity index (χ3v) is 4.56. The number of nitrogens with zero attached hydrogens (tertiary/aromatic N) is 2. The molecule has 1 aromatic heterocycles. The first-order chi connectivity index (χ1) is 11.8. The SMILES string of the molecule is CC(C)(C)OC(=O)N1CCC(n2cc(B(O)O)c3ccccc32)CC1. The molecule has 0 radical (unpaired) electrons. The largest absolute Gasteiger partial charge is 0.490 e. The molecule has 0 saturated carbocycles. The standard InChI is InChI=1S/C18H25BN2O4/c1-18(2,3)25-17(22)20-10-8-13(9-11-20)21-12-15(19(23)24)14-6-4-5-7-16(14)21/h4-7,12-13,23-24H,8-11H2,1-3H3. The zero-order valence-corrected chi connectivity index (χ0v) is 15.0. The molecule has 1 aliphatic rings. The van der Waals surface area contributed by atoms with Crippen LogP contribution < -0.4 is 5.46 Å². The molecular weight excluding hydrogens is 319 g/mol. The van der Waals surface area contributed by atoms with E-state index in [2.05, 4.69) is 4.57 Å². The van der Waals surface area contributed by atoms with Crippen LogP contribution in [0.15, 0.2) is 30.5 Å². The Bertz CT molecular complexity index is 758. The zero-order valence-electron chi connectivity index (χ0n) is 15.0. The fraction of sp³-hybridized carbons (Fsp3) is 0.500. The van der Waals surface area contributed by atoms with E-state index in [0.29, 0.717) is 18.6 Å². The van der Waals surface area contributed by atoms with Gasteiger partial charge in [0.05, 0.1) is 0 Å². The molecule has 0 atom stereocenters. The highest BCUT2D eigenvalue weighted by Crippen LogP contribution is 2.28. The molecule has 6 nitrogen and oxygen atoms in total. The number of fused-ring (bicyclic) bond motifs is 1. The summed E-state index contributed by atoms with van der Waals surface area (Å²) in [6, 6.07) is 7.94. The highest BCUT2D eigenvalue weighted by molar-refractivity contribution is 6.62. The van der Waals surface area contributed by atoms with Crippen molar-refractivity contribution in [3.63, 3.8) is 0 Å². The van der Waals surface area contributed by atoms with Crippen LogP contribution in [0.5, 0.6) is 0 Å². The van der Waals surface area contributed by atoms with Gasteiger partial charge in [-0.2, -0.15) is 0 Å². The number of rotatable bonds is 2. The Kier molecular flexibility index (Phi) is 4.80. The van der Waals surface area contributed by atoms with Crippen molar-refractivity contribution in [2.45, 2.75) is 45.3 Å². The normalized spacial score (nSPS) is 16.3. The van der Waals surface area contributed by atoms with Crippen molar-refractivity contribution < 1.29 is 19.6 Å². The lowest BCUT2D eigenvalue weighted by Gasteiger charge is -2.34. The molecule has 1 aliphatic heterocycles. The maximum atomic E-state index is 12.2. The van der Waals surface area contributed by atoms with Crippen LogP contribution in [-0.4, -0.2) is 51.4 Å². The molecule has 2 aromatic rings. The van der Waals surface area contributed by atoms with Crippen LogP contribution in [0.4, 0.5) is 4.79 Å².